The molecule has 2 rings (SSSR count). The van der Waals surface area contributed by atoms with Gasteiger partial charge in [-0.3, -0.25) is 0 Å². The zero-order valence-corrected chi connectivity index (χ0v) is 9.80. The number of benzene rings is 1. The fourth-order valence-electron chi connectivity index (χ4n) is 1.87. The fourth-order valence-corrected chi connectivity index (χ4v) is 2.33. The maximum atomic E-state index is 13.0. The quantitative estimate of drug-likeness (QED) is 0.812. The number of hydrogen-bond donors (Lipinski definition) is 1. The Morgan fingerprint density at radius 2 is 2.20 bits per heavy atom. The van der Waals surface area contributed by atoms with E-state index >= 15 is 0 Å². The highest BCUT2D eigenvalue weighted by atomic mass is 79.9. The van der Waals surface area contributed by atoms with Crippen LogP contribution >= 0.6 is 15.9 Å². The van der Waals surface area contributed by atoms with E-state index in [4.69, 9.17) is 0 Å². The van der Waals surface area contributed by atoms with Crippen molar-refractivity contribution in [3.63, 3.8) is 0 Å². The highest BCUT2D eigenvalue weighted by Gasteiger charge is 2.18. The van der Waals surface area contributed by atoms with Crippen LogP contribution in [0.15, 0.2) is 34.3 Å². The van der Waals surface area contributed by atoms with Crippen molar-refractivity contribution in [3.8, 4) is 0 Å². The van der Waals surface area contributed by atoms with E-state index < -0.39 is 6.10 Å². The first-order chi connectivity index (χ1) is 7.18. The fraction of sp³-hybridized carbons (Fsp3) is 0.333. The van der Waals surface area contributed by atoms with E-state index in [2.05, 4.69) is 15.9 Å². The van der Waals surface area contributed by atoms with Crippen LogP contribution in [0.5, 0.6) is 0 Å². The molecule has 1 aromatic carbocycles. The van der Waals surface area contributed by atoms with Gasteiger partial charge in [-0.2, -0.15) is 0 Å². The van der Waals surface area contributed by atoms with Gasteiger partial charge in [0.1, 0.15) is 11.9 Å². The van der Waals surface area contributed by atoms with Crippen LogP contribution in [0.4, 0.5) is 4.39 Å². The number of hydrogen-bond acceptors (Lipinski definition) is 1. The van der Waals surface area contributed by atoms with Crippen molar-refractivity contribution in [1.82, 2.24) is 0 Å². The maximum Gasteiger partial charge on any atom is 0.123 e. The molecule has 15 heavy (non-hydrogen) atoms. The van der Waals surface area contributed by atoms with E-state index in [0.29, 0.717) is 5.56 Å². The lowest BCUT2D eigenvalue weighted by Crippen LogP contribution is -2.01. The van der Waals surface area contributed by atoms with Gasteiger partial charge in [-0.1, -0.05) is 22.0 Å². The van der Waals surface area contributed by atoms with Crippen molar-refractivity contribution in [2.75, 3.05) is 0 Å². The summed E-state index contributed by atoms with van der Waals surface area (Å²) in [5.74, 6) is -0.314. The van der Waals surface area contributed by atoms with Crippen LogP contribution in [0.1, 0.15) is 30.9 Å². The second-order valence-corrected chi connectivity index (χ2v) is 4.59. The molecule has 0 radical (unpaired) electrons. The van der Waals surface area contributed by atoms with E-state index in [1.54, 1.807) is 6.07 Å². The molecular weight excluding hydrogens is 259 g/mol. The maximum absolute atomic E-state index is 13.0. The van der Waals surface area contributed by atoms with Gasteiger partial charge in [0.05, 0.1) is 0 Å². The summed E-state index contributed by atoms with van der Waals surface area (Å²) < 4.78 is 13.8. The predicted molar refractivity (Wildman–Crippen MR) is 61.0 cm³/mol. The highest BCUT2D eigenvalue weighted by Crippen LogP contribution is 2.34. The number of aliphatic hydroxyl groups excluding tert-OH is 1. The third kappa shape index (κ3) is 2.29. The van der Waals surface area contributed by atoms with E-state index in [9.17, 15) is 9.50 Å². The first-order valence-corrected chi connectivity index (χ1v) is 5.80. The van der Waals surface area contributed by atoms with E-state index in [0.717, 1.165) is 29.3 Å². The van der Waals surface area contributed by atoms with Crippen LogP contribution in [-0.2, 0) is 0 Å². The first-order valence-electron chi connectivity index (χ1n) is 5.00. The molecular formula is C12H12BrFO. The molecule has 0 fully saturated rings. The molecule has 1 atom stereocenters. The number of halogens is 2. The molecule has 0 heterocycles. The minimum Gasteiger partial charge on any atom is -0.384 e. The molecule has 0 aromatic heterocycles. The van der Waals surface area contributed by atoms with Gasteiger partial charge in [0.25, 0.3) is 0 Å². The van der Waals surface area contributed by atoms with Gasteiger partial charge >= 0.3 is 0 Å². The summed E-state index contributed by atoms with van der Waals surface area (Å²) in [6.45, 7) is 0. The average molecular weight is 271 g/mol. The van der Waals surface area contributed by atoms with Gasteiger partial charge in [0.15, 0.2) is 0 Å². The predicted octanol–water partition coefficient (Wildman–Crippen LogP) is 3.73. The van der Waals surface area contributed by atoms with Crippen LogP contribution in [0.25, 0.3) is 0 Å². The monoisotopic (exact) mass is 270 g/mol. The number of aliphatic hydroxyl groups is 1. The van der Waals surface area contributed by atoms with Crippen molar-refractivity contribution < 1.29 is 9.50 Å². The molecule has 80 valence electrons. The molecule has 0 saturated carbocycles. The van der Waals surface area contributed by atoms with E-state index in [1.165, 1.54) is 12.1 Å². The Kier molecular flexibility index (Phi) is 3.22. The van der Waals surface area contributed by atoms with E-state index in [-0.39, 0.29) is 5.82 Å². The number of rotatable bonds is 2. The minimum atomic E-state index is -0.669. The topological polar surface area (TPSA) is 20.2 Å². The van der Waals surface area contributed by atoms with Crippen LogP contribution in [0.2, 0.25) is 0 Å². The molecule has 1 N–H and O–H groups in total. The van der Waals surface area contributed by atoms with Crippen molar-refractivity contribution in [3.05, 3.63) is 45.7 Å². The van der Waals surface area contributed by atoms with Gasteiger partial charge in [0, 0.05) is 10.0 Å². The highest BCUT2D eigenvalue weighted by molar-refractivity contribution is 9.10. The van der Waals surface area contributed by atoms with Gasteiger partial charge in [-0.05, 0) is 43.0 Å². The van der Waals surface area contributed by atoms with Gasteiger partial charge in [-0.15, -0.1) is 0 Å². The summed E-state index contributed by atoms with van der Waals surface area (Å²) in [6, 6.07) is 4.39. The lowest BCUT2D eigenvalue weighted by Gasteiger charge is -2.14. The molecule has 1 aliphatic carbocycles. The summed E-state index contributed by atoms with van der Waals surface area (Å²) in [5.41, 5.74) is 1.62. The zero-order chi connectivity index (χ0) is 10.8. The molecule has 1 nitrogen and oxygen atoms in total. The molecule has 0 spiro atoms. The van der Waals surface area contributed by atoms with Crippen molar-refractivity contribution in [2.45, 2.75) is 25.4 Å². The van der Waals surface area contributed by atoms with E-state index in [1.807, 2.05) is 6.08 Å². The lowest BCUT2D eigenvalue weighted by atomic mass is 10.0. The van der Waals surface area contributed by atoms with Gasteiger partial charge in [-0.25, -0.2) is 4.39 Å². The second-order valence-electron chi connectivity index (χ2n) is 3.74. The Labute approximate surface area is 96.8 Å². The van der Waals surface area contributed by atoms with Crippen molar-refractivity contribution >= 4 is 15.9 Å². The largest absolute Gasteiger partial charge is 0.384 e. The Morgan fingerprint density at radius 3 is 2.87 bits per heavy atom. The Balaban J connectivity index is 2.31. The standard InChI is InChI=1S/C12H12BrFO/c13-11-6-5-9(14)7-10(11)12(15)8-3-1-2-4-8/h3,5-7,12,15H,1-2,4H2. The zero-order valence-electron chi connectivity index (χ0n) is 8.21. The summed E-state index contributed by atoms with van der Waals surface area (Å²) in [5, 5.41) is 10.1. The molecule has 1 aliphatic rings. The van der Waals surface area contributed by atoms with Crippen LogP contribution in [0, 0.1) is 5.82 Å². The first kappa shape index (κ1) is 10.8. The van der Waals surface area contributed by atoms with Crippen LogP contribution in [-0.4, -0.2) is 5.11 Å². The normalized spacial score (nSPS) is 17.7. The molecule has 0 amide bonds. The molecule has 0 saturated heterocycles. The van der Waals surface area contributed by atoms with Crippen molar-refractivity contribution in [1.29, 1.82) is 0 Å². The minimum absolute atomic E-state index is 0.314. The summed E-state index contributed by atoms with van der Waals surface area (Å²) in [6.07, 6.45) is 4.38. The summed E-state index contributed by atoms with van der Waals surface area (Å²) in [7, 11) is 0. The Bertz CT molecular complexity index is 401. The lowest BCUT2D eigenvalue weighted by molar-refractivity contribution is 0.211. The molecule has 0 bridgehead atoms. The number of allylic oxidation sites excluding steroid dienone is 1. The molecule has 3 heteroatoms. The third-order valence-electron chi connectivity index (χ3n) is 2.68. The summed E-state index contributed by atoms with van der Waals surface area (Å²) in [4.78, 5) is 0. The van der Waals surface area contributed by atoms with Crippen molar-refractivity contribution in [2.24, 2.45) is 0 Å². The van der Waals surface area contributed by atoms with Gasteiger partial charge in [0.2, 0.25) is 0 Å². The third-order valence-corrected chi connectivity index (χ3v) is 3.40. The van der Waals surface area contributed by atoms with Crippen LogP contribution in [0.3, 0.4) is 0 Å². The Hall–Kier alpha value is -0.670. The SMILES string of the molecule is OC(C1=CCCC1)c1cc(F)ccc1Br. The molecule has 1 aromatic rings. The molecule has 1 unspecified atom stereocenters. The average Bonchev–Trinajstić information content (AvgIpc) is 2.74. The van der Waals surface area contributed by atoms with Crippen LogP contribution < -0.4 is 0 Å². The van der Waals surface area contributed by atoms with Gasteiger partial charge < -0.3 is 5.11 Å². The second kappa shape index (κ2) is 4.45. The Morgan fingerprint density at radius 1 is 1.40 bits per heavy atom. The smallest absolute Gasteiger partial charge is 0.123 e. The molecule has 0 aliphatic heterocycles. The summed E-state index contributed by atoms with van der Waals surface area (Å²) >= 11 is 3.32.